The van der Waals surface area contributed by atoms with Gasteiger partial charge in [0.25, 0.3) is 5.56 Å². The Kier molecular flexibility index (Phi) is 7.43. The minimum Gasteiger partial charge on any atom is -0.392 e. The van der Waals surface area contributed by atoms with Gasteiger partial charge in [-0.15, -0.1) is 12.4 Å². The second-order valence-corrected chi connectivity index (χ2v) is 8.06. The molecule has 0 spiro atoms. The Morgan fingerprint density at radius 3 is 2.84 bits per heavy atom. The molecule has 0 saturated carbocycles. The molecule has 0 bridgehead atoms. The van der Waals surface area contributed by atoms with Crippen molar-refractivity contribution in [2.24, 2.45) is 0 Å². The van der Waals surface area contributed by atoms with Crippen LogP contribution < -0.4 is 10.9 Å². The number of hydrogen-bond acceptors (Lipinski definition) is 5. The van der Waals surface area contributed by atoms with Gasteiger partial charge in [0.1, 0.15) is 5.82 Å². The van der Waals surface area contributed by atoms with Gasteiger partial charge < -0.3 is 15.5 Å². The molecule has 166 valence electrons. The summed E-state index contributed by atoms with van der Waals surface area (Å²) in [4.78, 5) is 17.5. The van der Waals surface area contributed by atoms with Gasteiger partial charge >= 0.3 is 0 Å². The molecule has 3 atom stereocenters. The largest absolute Gasteiger partial charge is 0.392 e. The number of nitrogens with zero attached hydrogens (tertiary/aromatic N) is 2. The summed E-state index contributed by atoms with van der Waals surface area (Å²) in [6.45, 7) is 2.77. The van der Waals surface area contributed by atoms with Crippen molar-refractivity contribution in [1.29, 1.82) is 0 Å². The lowest BCUT2D eigenvalue weighted by Gasteiger charge is -2.30. The van der Waals surface area contributed by atoms with E-state index in [1.54, 1.807) is 18.2 Å². The maximum absolute atomic E-state index is 13.6. The van der Waals surface area contributed by atoms with Gasteiger partial charge in [-0.3, -0.25) is 9.36 Å². The van der Waals surface area contributed by atoms with Gasteiger partial charge in [-0.05, 0) is 73.7 Å². The molecule has 1 fully saturated rings. The van der Waals surface area contributed by atoms with Gasteiger partial charge in [-0.25, -0.2) is 9.37 Å². The van der Waals surface area contributed by atoms with E-state index in [2.05, 4.69) is 10.3 Å². The Hall–Kier alpha value is -2.32. The number of benzene rings is 2. The van der Waals surface area contributed by atoms with E-state index >= 15 is 0 Å². The van der Waals surface area contributed by atoms with Crippen LogP contribution in [0.5, 0.6) is 0 Å². The average molecular weight is 448 g/mol. The van der Waals surface area contributed by atoms with Crippen LogP contribution in [0.25, 0.3) is 22.0 Å². The molecular weight excluding hydrogens is 421 g/mol. The van der Waals surface area contributed by atoms with Gasteiger partial charge in [0.05, 0.1) is 36.0 Å². The van der Waals surface area contributed by atoms with Crippen molar-refractivity contribution < 1.29 is 14.6 Å². The van der Waals surface area contributed by atoms with Crippen LogP contribution in [-0.4, -0.2) is 44.6 Å². The molecule has 1 aliphatic heterocycles. The number of nitrogens with one attached hydrogen (secondary N) is 1. The van der Waals surface area contributed by atoms with Crippen molar-refractivity contribution in [2.75, 3.05) is 6.54 Å². The van der Waals surface area contributed by atoms with Crippen LogP contribution in [0.15, 0.2) is 47.5 Å². The van der Waals surface area contributed by atoms with Crippen LogP contribution in [0.4, 0.5) is 4.39 Å². The maximum Gasteiger partial charge on any atom is 0.261 e. The average Bonchev–Trinajstić information content (AvgIpc) is 2.72. The normalized spacial score (nSPS) is 19.7. The molecule has 1 aliphatic rings. The predicted molar refractivity (Wildman–Crippen MR) is 121 cm³/mol. The van der Waals surface area contributed by atoms with E-state index in [0.717, 1.165) is 24.1 Å². The molecular formula is C23H27ClFN3O3. The van der Waals surface area contributed by atoms with Crippen molar-refractivity contribution in [3.05, 3.63) is 64.5 Å². The third kappa shape index (κ3) is 5.13. The quantitative estimate of drug-likeness (QED) is 0.560. The second kappa shape index (κ2) is 9.87. The number of aromatic nitrogens is 2. The fourth-order valence-corrected chi connectivity index (χ4v) is 4.18. The van der Waals surface area contributed by atoms with E-state index in [4.69, 9.17) is 0 Å². The smallest absolute Gasteiger partial charge is 0.261 e. The molecule has 6 nitrogen and oxygen atoms in total. The van der Waals surface area contributed by atoms with Crippen LogP contribution >= 0.6 is 12.4 Å². The van der Waals surface area contributed by atoms with E-state index in [0.29, 0.717) is 29.3 Å². The summed E-state index contributed by atoms with van der Waals surface area (Å²) in [6, 6.07) is 9.67. The van der Waals surface area contributed by atoms with Crippen molar-refractivity contribution in [3.8, 4) is 11.1 Å². The summed E-state index contributed by atoms with van der Waals surface area (Å²) < 4.78 is 15.0. The summed E-state index contributed by atoms with van der Waals surface area (Å²) >= 11 is 0. The molecule has 2 aromatic carbocycles. The summed E-state index contributed by atoms with van der Waals surface area (Å²) in [5.74, 6) is -0.338. The van der Waals surface area contributed by atoms with E-state index in [1.807, 2.05) is 13.0 Å². The number of aliphatic hydroxyl groups is 2. The molecule has 8 heteroatoms. The van der Waals surface area contributed by atoms with Crippen LogP contribution in [0.2, 0.25) is 0 Å². The van der Waals surface area contributed by atoms with Gasteiger partial charge in [0.15, 0.2) is 0 Å². The Labute approximate surface area is 186 Å². The summed E-state index contributed by atoms with van der Waals surface area (Å²) in [7, 11) is 0. The molecule has 1 saturated heterocycles. The lowest BCUT2D eigenvalue weighted by Crippen LogP contribution is -2.47. The van der Waals surface area contributed by atoms with Crippen molar-refractivity contribution in [2.45, 2.75) is 51.0 Å². The first-order valence-corrected chi connectivity index (χ1v) is 10.3. The summed E-state index contributed by atoms with van der Waals surface area (Å²) in [5.41, 5.74) is 2.59. The SMILES string of the molecule is Cc1cc(-c2cccc(F)c2)cc2c(=O)n(C[C@@H](O)C[C@H]3NCCC[C@@H]3O)cnc12.Cl. The lowest BCUT2D eigenvalue weighted by molar-refractivity contribution is 0.0539. The van der Waals surface area contributed by atoms with E-state index in [-0.39, 0.29) is 36.4 Å². The number of aliphatic hydroxyl groups excluding tert-OH is 2. The molecule has 1 aromatic heterocycles. The highest BCUT2D eigenvalue weighted by Crippen LogP contribution is 2.25. The van der Waals surface area contributed by atoms with E-state index in [1.165, 1.54) is 23.0 Å². The zero-order valence-electron chi connectivity index (χ0n) is 17.3. The standard InChI is InChI=1S/C23H26FN3O3.ClH/c1-14-8-16(15-4-2-5-17(24)9-15)10-19-22(14)26-13-27(23(19)30)12-18(28)11-20-21(29)6-3-7-25-20;/h2,4-5,8-10,13,18,20-21,25,28-29H,3,6-7,11-12H2,1H3;1H/t18-,20+,21-;/m0./s1. The molecule has 0 aliphatic carbocycles. The fraction of sp³-hybridized carbons (Fsp3) is 0.391. The van der Waals surface area contributed by atoms with Crippen molar-refractivity contribution in [1.82, 2.24) is 14.9 Å². The van der Waals surface area contributed by atoms with Crippen molar-refractivity contribution in [3.63, 3.8) is 0 Å². The second-order valence-electron chi connectivity index (χ2n) is 8.06. The van der Waals surface area contributed by atoms with Crippen LogP contribution in [-0.2, 0) is 6.54 Å². The number of aryl methyl sites for hydroxylation is 1. The third-order valence-corrected chi connectivity index (χ3v) is 5.76. The Balaban J connectivity index is 0.00000272. The molecule has 0 radical (unpaired) electrons. The molecule has 3 N–H and O–H groups in total. The minimum atomic E-state index is -0.792. The first-order chi connectivity index (χ1) is 14.4. The number of piperidine rings is 1. The summed E-state index contributed by atoms with van der Waals surface area (Å²) in [5, 5.41) is 24.2. The first-order valence-electron chi connectivity index (χ1n) is 10.3. The highest BCUT2D eigenvalue weighted by atomic mass is 35.5. The Bertz CT molecular complexity index is 1120. The third-order valence-electron chi connectivity index (χ3n) is 5.76. The van der Waals surface area contributed by atoms with Gasteiger partial charge in [0, 0.05) is 6.04 Å². The maximum atomic E-state index is 13.6. The first kappa shape index (κ1) is 23.3. The molecule has 2 heterocycles. The topological polar surface area (TPSA) is 87.4 Å². The molecule has 0 unspecified atom stereocenters. The number of fused-ring (bicyclic) bond motifs is 1. The highest BCUT2D eigenvalue weighted by Gasteiger charge is 2.25. The Morgan fingerprint density at radius 1 is 1.29 bits per heavy atom. The lowest BCUT2D eigenvalue weighted by atomic mass is 9.96. The number of halogens is 2. The molecule has 31 heavy (non-hydrogen) atoms. The number of rotatable bonds is 5. The van der Waals surface area contributed by atoms with Gasteiger partial charge in [-0.2, -0.15) is 0 Å². The van der Waals surface area contributed by atoms with Gasteiger partial charge in [-0.1, -0.05) is 12.1 Å². The zero-order chi connectivity index (χ0) is 21.3. The van der Waals surface area contributed by atoms with E-state index < -0.39 is 12.2 Å². The van der Waals surface area contributed by atoms with Gasteiger partial charge in [0.2, 0.25) is 0 Å². The highest BCUT2D eigenvalue weighted by molar-refractivity contribution is 5.86. The Morgan fingerprint density at radius 2 is 2.10 bits per heavy atom. The zero-order valence-corrected chi connectivity index (χ0v) is 18.1. The molecule has 0 amide bonds. The fourth-order valence-electron chi connectivity index (χ4n) is 4.18. The molecule has 3 aromatic rings. The number of hydrogen-bond donors (Lipinski definition) is 3. The van der Waals surface area contributed by atoms with Crippen LogP contribution in [0.3, 0.4) is 0 Å². The van der Waals surface area contributed by atoms with Crippen molar-refractivity contribution >= 4 is 23.3 Å². The predicted octanol–water partition coefficient (Wildman–Crippen LogP) is 2.80. The monoisotopic (exact) mass is 447 g/mol. The van der Waals surface area contributed by atoms with E-state index in [9.17, 15) is 19.4 Å². The minimum absolute atomic E-state index is 0. The van der Waals surface area contributed by atoms with Crippen LogP contribution in [0.1, 0.15) is 24.8 Å². The summed E-state index contributed by atoms with van der Waals surface area (Å²) in [6.07, 6.45) is 2.15. The molecule has 4 rings (SSSR count). The van der Waals surface area contributed by atoms with Crippen LogP contribution in [0, 0.1) is 12.7 Å².